The van der Waals surface area contributed by atoms with E-state index < -0.39 is 0 Å². The van der Waals surface area contributed by atoms with Crippen molar-refractivity contribution in [3.8, 4) is 5.75 Å². The van der Waals surface area contributed by atoms with Crippen LogP contribution in [0.25, 0.3) is 0 Å². The monoisotopic (exact) mass is 289 g/mol. The summed E-state index contributed by atoms with van der Waals surface area (Å²) in [5, 5.41) is 3.78. The second-order valence-electron chi connectivity index (χ2n) is 6.51. The van der Waals surface area contributed by atoms with E-state index in [9.17, 15) is 0 Å². The number of ether oxygens (including phenoxy) is 1. The number of rotatable bonds is 6. The van der Waals surface area contributed by atoms with Crippen molar-refractivity contribution in [3.05, 3.63) is 29.8 Å². The van der Waals surface area contributed by atoms with Crippen molar-refractivity contribution in [1.82, 2.24) is 5.32 Å². The first-order chi connectivity index (χ1) is 10.2. The molecule has 2 atom stereocenters. The lowest BCUT2D eigenvalue weighted by Crippen LogP contribution is -2.35. The van der Waals surface area contributed by atoms with Crippen molar-refractivity contribution in [2.24, 2.45) is 0 Å². The van der Waals surface area contributed by atoms with Crippen molar-refractivity contribution in [1.29, 1.82) is 0 Å². The lowest BCUT2D eigenvalue weighted by molar-refractivity contribution is 0.236. The van der Waals surface area contributed by atoms with Gasteiger partial charge in [-0.2, -0.15) is 0 Å². The molecule has 21 heavy (non-hydrogen) atoms. The van der Waals surface area contributed by atoms with E-state index in [0.29, 0.717) is 12.0 Å². The topological polar surface area (TPSA) is 21.3 Å². The summed E-state index contributed by atoms with van der Waals surface area (Å²) in [5.74, 6) is 1.68. The molecule has 0 saturated heterocycles. The average Bonchev–Trinajstić information content (AvgIpc) is 2.70. The highest BCUT2D eigenvalue weighted by Crippen LogP contribution is 2.37. The van der Waals surface area contributed by atoms with E-state index in [1.807, 2.05) is 0 Å². The van der Waals surface area contributed by atoms with Gasteiger partial charge >= 0.3 is 0 Å². The van der Waals surface area contributed by atoms with Gasteiger partial charge in [0.2, 0.25) is 0 Å². The van der Waals surface area contributed by atoms with Gasteiger partial charge in [0.05, 0.1) is 6.10 Å². The van der Waals surface area contributed by atoms with E-state index in [-0.39, 0.29) is 6.10 Å². The fourth-order valence-electron chi connectivity index (χ4n) is 3.40. The molecule has 0 amide bonds. The molecule has 2 unspecified atom stereocenters. The summed E-state index contributed by atoms with van der Waals surface area (Å²) in [6.45, 7) is 7.58. The Kier molecular flexibility index (Phi) is 6.56. The summed E-state index contributed by atoms with van der Waals surface area (Å²) in [7, 11) is 0. The minimum atomic E-state index is 0.235. The van der Waals surface area contributed by atoms with Crippen LogP contribution in [-0.4, -0.2) is 18.7 Å². The lowest BCUT2D eigenvalue weighted by atomic mass is 9.87. The highest BCUT2D eigenvalue weighted by molar-refractivity contribution is 5.37. The second-order valence-corrected chi connectivity index (χ2v) is 6.51. The molecule has 0 heterocycles. The number of nitrogens with one attached hydrogen (secondary N) is 1. The molecule has 0 radical (unpaired) electrons. The smallest absolute Gasteiger partial charge is 0.123 e. The Bertz CT molecular complexity index is 416. The number of benzene rings is 1. The second kappa shape index (κ2) is 8.43. The van der Waals surface area contributed by atoms with Gasteiger partial charge < -0.3 is 10.1 Å². The minimum Gasteiger partial charge on any atom is -0.491 e. The number of para-hydroxylation sites is 1. The summed E-state index contributed by atoms with van der Waals surface area (Å²) >= 11 is 0. The fourth-order valence-corrected chi connectivity index (χ4v) is 3.40. The maximum absolute atomic E-state index is 6.06. The van der Waals surface area contributed by atoms with Crippen molar-refractivity contribution in [2.75, 3.05) is 6.54 Å². The molecule has 118 valence electrons. The van der Waals surface area contributed by atoms with Gasteiger partial charge in [0.25, 0.3) is 0 Å². The Morgan fingerprint density at radius 3 is 2.67 bits per heavy atom. The van der Waals surface area contributed by atoms with Crippen LogP contribution in [0.4, 0.5) is 0 Å². The summed E-state index contributed by atoms with van der Waals surface area (Å²) in [6.07, 6.45) is 8.07. The molecule has 2 rings (SSSR count). The van der Waals surface area contributed by atoms with Crippen LogP contribution in [0.1, 0.15) is 70.8 Å². The lowest BCUT2D eigenvalue weighted by Gasteiger charge is -2.28. The van der Waals surface area contributed by atoms with Gasteiger partial charge in [-0.15, -0.1) is 0 Å². The summed E-state index contributed by atoms with van der Waals surface area (Å²) in [4.78, 5) is 0. The van der Waals surface area contributed by atoms with E-state index in [1.165, 1.54) is 44.1 Å². The maximum Gasteiger partial charge on any atom is 0.123 e. The minimum absolute atomic E-state index is 0.235. The molecule has 1 aliphatic rings. The first-order valence-electron chi connectivity index (χ1n) is 8.71. The Hall–Kier alpha value is -1.02. The van der Waals surface area contributed by atoms with Crippen LogP contribution >= 0.6 is 0 Å². The Labute approximate surface area is 130 Å². The van der Waals surface area contributed by atoms with Crippen LogP contribution in [0.15, 0.2) is 24.3 Å². The molecule has 1 aliphatic carbocycles. The summed E-state index contributed by atoms with van der Waals surface area (Å²) in [6, 6.07) is 9.26. The molecule has 2 heteroatoms. The van der Waals surface area contributed by atoms with Gasteiger partial charge in [-0.3, -0.25) is 0 Å². The van der Waals surface area contributed by atoms with Gasteiger partial charge in [-0.05, 0) is 51.3 Å². The summed E-state index contributed by atoms with van der Waals surface area (Å²) < 4.78 is 6.06. The normalized spacial score (nSPS) is 23.0. The van der Waals surface area contributed by atoms with Crippen molar-refractivity contribution in [3.63, 3.8) is 0 Å². The van der Waals surface area contributed by atoms with Crippen LogP contribution in [0.3, 0.4) is 0 Å². The third-order valence-electron chi connectivity index (χ3n) is 4.35. The Morgan fingerprint density at radius 1 is 1.14 bits per heavy atom. The van der Waals surface area contributed by atoms with E-state index >= 15 is 0 Å². The zero-order valence-electron chi connectivity index (χ0n) is 13.9. The molecule has 1 N–H and O–H groups in total. The van der Waals surface area contributed by atoms with Gasteiger partial charge in [0.15, 0.2) is 0 Å². The first-order valence-corrected chi connectivity index (χ1v) is 8.71. The third kappa shape index (κ3) is 4.74. The van der Waals surface area contributed by atoms with Crippen LogP contribution in [0.2, 0.25) is 0 Å². The van der Waals surface area contributed by atoms with E-state index in [2.05, 4.69) is 50.4 Å². The zero-order valence-corrected chi connectivity index (χ0v) is 13.9. The maximum atomic E-state index is 6.06. The molecular formula is C19H31NO. The predicted molar refractivity (Wildman–Crippen MR) is 90.1 cm³/mol. The SMILES string of the molecule is CCCNC1CCCCCC1c1ccccc1OC(C)C. The molecule has 1 fully saturated rings. The third-order valence-corrected chi connectivity index (χ3v) is 4.35. The predicted octanol–water partition coefficient (Wildman–Crippen LogP) is 4.89. The molecule has 0 spiro atoms. The fraction of sp³-hybridized carbons (Fsp3) is 0.684. The largest absolute Gasteiger partial charge is 0.491 e. The van der Waals surface area contributed by atoms with E-state index in [0.717, 1.165) is 12.3 Å². The quantitative estimate of drug-likeness (QED) is 0.753. The number of hydrogen-bond donors (Lipinski definition) is 1. The standard InChI is InChI=1S/C19H31NO/c1-4-14-20-18-12-7-5-6-10-16(18)17-11-8-9-13-19(17)21-15(2)3/h8-9,11,13,15-16,18,20H,4-7,10,12,14H2,1-3H3. The van der Waals surface area contributed by atoms with E-state index in [1.54, 1.807) is 0 Å². The first kappa shape index (κ1) is 16.4. The molecule has 1 aromatic carbocycles. The highest BCUT2D eigenvalue weighted by Gasteiger charge is 2.27. The van der Waals surface area contributed by atoms with Crippen LogP contribution < -0.4 is 10.1 Å². The molecule has 2 nitrogen and oxygen atoms in total. The Balaban J connectivity index is 2.22. The van der Waals surface area contributed by atoms with Crippen molar-refractivity contribution in [2.45, 2.75) is 77.4 Å². The Morgan fingerprint density at radius 2 is 1.90 bits per heavy atom. The van der Waals surface area contributed by atoms with Gasteiger partial charge in [0, 0.05) is 12.0 Å². The molecular weight excluding hydrogens is 258 g/mol. The van der Waals surface area contributed by atoms with E-state index in [4.69, 9.17) is 4.74 Å². The summed E-state index contributed by atoms with van der Waals surface area (Å²) in [5.41, 5.74) is 1.40. The van der Waals surface area contributed by atoms with Crippen LogP contribution in [0.5, 0.6) is 5.75 Å². The number of hydrogen-bond acceptors (Lipinski definition) is 2. The van der Waals surface area contributed by atoms with Gasteiger partial charge in [-0.1, -0.05) is 44.4 Å². The van der Waals surface area contributed by atoms with Crippen LogP contribution in [0, 0.1) is 0 Å². The molecule has 0 aliphatic heterocycles. The van der Waals surface area contributed by atoms with Crippen molar-refractivity contribution < 1.29 is 4.74 Å². The highest BCUT2D eigenvalue weighted by atomic mass is 16.5. The van der Waals surface area contributed by atoms with Crippen molar-refractivity contribution >= 4 is 0 Å². The van der Waals surface area contributed by atoms with Crippen LogP contribution in [-0.2, 0) is 0 Å². The molecule has 0 bridgehead atoms. The van der Waals surface area contributed by atoms with Gasteiger partial charge in [-0.25, -0.2) is 0 Å². The molecule has 1 aromatic rings. The van der Waals surface area contributed by atoms with Gasteiger partial charge in [0.1, 0.15) is 5.75 Å². The average molecular weight is 289 g/mol. The molecule has 0 aromatic heterocycles. The molecule has 1 saturated carbocycles. The zero-order chi connectivity index (χ0) is 15.1.